The topological polar surface area (TPSA) is 82.8 Å². The fourth-order valence-corrected chi connectivity index (χ4v) is 3.76. The van der Waals surface area contributed by atoms with E-state index in [1.807, 2.05) is 14.1 Å². The number of hydrogen-bond donors (Lipinski definition) is 1. The van der Waals surface area contributed by atoms with Gasteiger partial charge in [-0.3, -0.25) is 9.88 Å². The zero-order chi connectivity index (χ0) is 15.5. The van der Waals surface area contributed by atoms with E-state index < -0.39 is 10.0 Å². The monoisotopic (exact) mass is 313 g/mol. The van der Waals surface area contributed by atoms with Crippen molar-refractivity contribution in [3.63, 3.8) is 0 Å². The van der Waals surface area contributed by atoms with Crippen molar-refractivity contribution in [1.82, 2.24) is 19.1 Å². The van der Waals surface area contributed by atoms with E-state index in [1.165, 1.54) is 22.8 Å². The van der Waals surface area contributed by atoms with E-state index >= 15 is 0 Å². The van der Waals surface area contributed by atoms with Gasteiger partial charge in [0.15, 0.2) is 0 Å². The minimum Gasteiger partial charge on any atom is -0.398 e. The first kappa shape index (κ1) is 16.2. The molecule has 8 heteroatoms. The van der Waals surface area contributed by atoms with Gasteiger partial charge in [0, 0.05) is 51.7 Å². The second-order valence-electron chi connectivity index (χ2n) is 5.46. The van der Waals surface area contributed by atoms with Crippen LogP contribution in [0.4, 0.5) is 5.69 Å². The molecule has 0 saturated carbocycles. The Bertz CT molecular complexity index is 568. The number of nitrogens with two attached hydrogens (primary N) is 1. The molecule has 1 fully saturated rings. The zero-order valence-electron chi connectivity index (χ0n) is 12.6. The number of pyridine rings is 1. The SMILES string of the molecule is CN(C)CCN1CCN(S(=O)(=O)c2cnccc2N)CC1. The van der Waals surface area contributed by atoms with Crippen LogP contribution in [0.5, 0.6) is 0 Å². The largest absolute Gasteiger partial charge is 0.398 e. The predicted molar refractivity (Wildman–Crippen MR) is 82.4 cm³/mol. The molecule has 1 aromatic heterocycles. The summed E-state index contributed by atoms with van der Waals surface area (Å²) in [6.45, 7) is 4.40. The highest BCUT2D eigenvalue weighted by Gasteiger charge is 2.29. The Kier molecular flexibility index (Phi) is 5.15. The molecule has 1 aromatic rings. The summed E-state index contributed by atoms with van der Waals surface area (Å²) in [5, 5.41) is 0. The third-order valence-corrected chi connectivity index (χ3v) is 5.57. The number of piperazine rings is 1. The fourth-order valence-electron chi connectivity index (χ4n) is 2.28. The quantitative estimate of drug-likeness (QED) is 0.791. The van der Waals surface area contributed by atoms with E-state index in [2.05, 4.69) is 14.8 Å². The second-order valence-corrected chi connectivity index (χ2v) is 7.37. The number of sulfonamides is 1. The van der Waals surface area contributed by atoms with Gasteiger partial charge >= 0.3 is 0 Å². The van der Waals surface area contributed by atoms with Crippen molar-refractivity contribution >= 4 is 15.7 Å². The fraction of sp³-hybridized carbons (Fsp3) is 0.615. The van der Waals surface area contributed by atoms with Crippen molar-refractivity contribution in [2.45, 2.75) is 4.90 Å². The molecule has 1 saturated heterocycles. The van der Waals surface area contributed by atoms with Gasteiger partial charge in [0.1, 0.15) is 4.90 Å². The van der Waals surface area contributed by atoms with Crippen LogP contribution in [-0.2, 0) is 10.0 Å². The molecule has 2 N–H and O–H groups in total. The van der Waals surface area contributed by atoms with Crippen molar-refractivity contribution in [2.24, 2.45) is 0 Å². The van der Waals surface area contributed by atoms with Crippen LogP contribution < -0.4 is 5.73 Å². The summed E-state index contributed by atoms with van der Waals surface area (Å²) in [7, 11) is 0.529. The lowest BCUT2D eigenvalue weighted by Gasteiger charge is -2.34. The maximum Gasteiger partial charge on any atom is 0.246 e. The number of aromatic nitrogens is 1. The normalized spacial score (nSPS) is 18.2. The van der Waals surface area contributed by atoms with Gasteiger partial charge in [0.2, 0.25) is 10.0 Å². The van der Waals surface area contributed by atoms with Crippen LogP contribution in [-0.4, -0.2) is 80.9 Å². The summed E-state index contributed by atoms with van der Waals surface area (Å²) in [5.74, 6) is 0. The predicted octanol–water partition coefficient (Wildman–Crippen LogP) is -0.468. The Hall–Kier alpha value is -1.22. The molecular formula is C13H23N5O2S. The molecule has 0 aromatic carbocycles. The Labute approximate surface area is 126 Å². The number of likely N-dealkylation sites (N-methyl/N-ethyl adjacent to an activating group) is 1. The molecule has 0 spiro atoms. The Morgan fingerprint density at radius 1 is 1.29 bits per heavy atom. The van der Waals surface area contributed by atoms with Crippen LogP contribution in [0.25, 0.3) is 0 Å². The summed E-state index contributed by atoms with van der Waals surface area (Å²) >= 11 is 0. The van der Waals surface area contributed by atoms with Gasteiger partial charge in [-0.05, 0) is 20.2 Å². The number of rotatable bonds is 5. The lowest BCUT2D eigenvalue weighted by Crippen LogP contribution is -2.49. The standard InChI is InChI=1S/C13H23N5O2S/c1-16(2)5-6-17-7-9-18(10-8-17)21(19,20)13-11-15-4-3-12(13)14/h3-4,11H,5-10H2,1-2H3,(H2,14,15). The van der Waals surface area contributed by atoms with Crippen LogP contribution in [0.2, 0.25) is 0 Å². The van der Waals surface area contributed by atoms with E-state index in [1.54, 1.807) is 0 Å². The highest BCUT2D eigenvalue weighted by molar-refractivity contribution is 7.89. The lowest BCUT2D eigenvalue weighted by atomic mass is 10.3. The highest BCUT2D eigenvalue weighted by atomic mass is 32.2. The van der Waals surface area contributed by atoms with Gasteiger partial charge in [0.05, 0.1) is 5.69 Å². The Morgan fingerprint density at radius 2 is 1.95 bits per heavy atom. The maximum atomic E-state index is 12.6. The maximum absolute atomic E-state index is 12.6. The zero-order valence-corrected chi connectivity index (χ0v) is 13.4. The molecule has 0 atom stereocenters. The summed E-state index contributed by atoms with van der Waals surface area (Å²) in [6, 6.07) is 1.51. The highest BCUT2D eigenvalue weighted by Crippen LogP contribution is 2.21. The first-order chi connectivity index (χ1) is 9.91. The lowest BCUT2D eigenvalue weighted by molar-refractivity contribution is 0.174. The van der Waals surface area contributed by atoms with Crippen molar-refractivity contribution in [3.05, 3.63) is 18.5 Å². The molecule has 0 unspecified atom stereocenters. The van der Waals surface area contributed by atoms with Gasteiger partial charge in [-0.1, -0.05) is 0 Å². The van der Waals surface area contributed by atoms with Crippen molar-refractivity contribution < 1.29 is 8.42 Å². The Morgan fingerprint density at radius 3 is 2.52 bits per heavy atom. The average Bonchev–Trinajstić information content (AvgIpc) is 2.46. The number of nitrogens with zero attached hydrogens (tertiary/aromatic N) is 4. The minimum atomic E-state index is -3.54. The van der Waals surface area contributed by atoms with Crippen LogP contribution >= 0.6 is 0 Å². The number of nitrogen functional groups attached to an aromatic ring is 1. The van der Waals surface area contributed by atoms with Crippen LogP contribution in [0.3, 0.4) is 0 Å². The van der Waals surface area contributed by atoms with Gasteiger partial charge in [-0.2, -0.15) is 4.31 Å². The second kappa shape index (κ2) is 6.69. The molecule has 0 amide bonds. The summed E-state index contributed by atoms with van der Waals surface area (Å²) in [4.78, 5) is 8.37. The molecule has 7 nitrogen and oxygen atoms in total. The third-order valence-electron chi connectivity index (χ3n) is 3.63. The van der Waals surface area contributed by atoms with E-state index in [0.717, 1.165) is 26.2 Å². The average molecular weight is 313 g/mol. The van der Waals surface area contributed by atoms with Gasteiger partial charge < -0.3 is 10.6 Å². The van der Waals surface area contributed by atoms with Crippen LogP contribution in [0.15, 0.2) is 23.4 Å². The van der Waals surface area contributed by atoms with Crippen molar-refractivity contribution in [2.75, 3.05) is 59.1 Å². The van der Waals surface area contributed by atoms with Crippen LogP contribution in [0.1, 0.15) is 0 Å². The van der Waals surface area contributed by atoms with E-state index in [0.29, 0.717) is 13.1 Å². The summed E-state index contributed by atoms with van der Waals surface area (Å²) in [6.07, 6.45) is 2.82. The molecule has 0 radical (unpaired) electrons. The van der Waals surface area contributed by atoms with Gasteiger partial charge in [-0.15, -0.1) is 0 Å². The van der Waals surface area contributed by atoms with Crippen molar-refractivity contribution in [3.8, 4) is 0 Å². The molecule has 118 valence electrons. The van der Waals surface area contributed by atoms with Crippen molar-refractivity contribution in [1.29, 1.82) is 0 Å². The first-order valence-electron chi connectivity index (χ1n) is 6.98. The Balaban J connectivity index is 2.00. The van der Waals surface area contributed by atoms with Crippen LogP contribution in [0, 0.1) is 0 Å². The minimum absolute atomic E-state index is 0.103. The summed E-state index contributed by atoms with van der Waals surface area (Å²) < 4.78 is 26.6. The molecule has 1 aliphatic rings. The summed E-state index contributed by atoms with van der Waals surface area (Å²) in [5.41, 5.74) is 6.01. The van der Waals surface area contributed by atoms with Gasteiger partial charge in [0.25, 0.3) is 0 Å². The molecule has 1 aliphatic heterocycles. The molecule has 0 bridgehead atoms. The van der Waals surface area contributed by atoms with Gasteiger partial charge in [-0.25, -0.2) is 8.42 Å². The number of hydrogen-bond acceptors (Lipinski definition) is 6. The third kappa shape index (κ3) is 3.91. The molecule has 2 rings (SSSR count). The first-order valence-corrected chi connectivity index (χ1v) is 8.42. The molecule has 21 heavy (non-hydrogen) atoms. The van der Waals surface area contributed by atoms with E-state index in [9.17, 15) is 8.42 Å². The molecule has 0 aliphatic carbocycles. The van der Waals surface area contributed by atoms with E-state index in [4.69, 9.17) is 5.73 Å². The molecule has 2 heterocycles. The number of anilines is 1. The van der Waals surface area contributed by atoms with E-state index in [-0.39, 0.29) is 10.6 Å². The molecular weight excluding hydrogens is 290 g/mol. The smallest absolute Gasteiger partial charge is 0.246 e.